The van der Waals surface area contributed by atoms with Crippen molar-refractivity contribution in [2.45, 2.75) is 31.7 Å². The van der Waals surface area contributed by atoms with Crippen LogP contribution in [0.5, 0.6) is 0 Å². The molecule has 0 bridgehead atoms. The first-order chi connectivity index (χ1) is 9.41. The third-order valence-electron chi connectivity index (χ3n) is 3.62. The van der Waals surface area contributed by atoms with Gasteiger partial charge in [0, 0.05) is 6.04 Å². The SMILES string of the molecule is NC(=O)CN(c1c(N)cc(N)c(Cl)c1F)C1CCCC1. The van der Waals surface area contributed by atoms with E-state index in [-0.39, 0.29) is 34.7 Å². The highest BCUT2D eigenvalue weighted by Gasteiger charge is 2.29. The molecule has 0 radical (unpaired) electrons. The van der Waals surface area contributed by atoms with E-state index in [9.17, 15) is 9.18 Å². The molecule has 1 fully saturated rings. The summed E-state index contributed by atoms with van der Waals surface area (Å²) in [6.45, 7) is -0.0912. The number of carbonyl (C=O) groups is 1. The standard InChI is InChI=1S/C13H18ClFN4O/c14-11-8(16)5-9(17)13(12(11)15)19(6-10(18)20)7-3-1-2-4-7/h5,7H,1-4,6,16-17H2,(H2,18,20). The number of carbonyl (C=O) groups excluding carboxylic acids is 1. The number of anilines is 3. The van der Waals surface area contributed by atoms with Crippen molar-refractivity contribution in [3.8, 4) is 0 Å². The quantitative estimate of drug-likeness (QED) is 0.739. The minimum absolute atomic E-state index is 0.0407. The first kappa shape index (κ1) is 14.7. The van der Waals surface area contributed by atoms with Crippen molar-refractivity contribution >= 4 is 34.6 Å². The first-order valence-corrected chi connectivity index (χ1v) is 6.87. The van der Waals surface area contributed by atoms with Crippen LogP contribution in [0.4, 0.5) is 21.5 Å². The Labute approximate surface area is 121 Å². The van der Waals surface area contributed by atoms with Crippen LogP contribution in [0.1, 0.15) is 25.7 Å². The molecule has 0 aromatic heterocycles. The number of nitrogens with zero attached hydrogens (tertiary/aromatic N) is 1. The van der Waals surface area contributed by atoms with Crippen LogP contribution in [-0.4, -0.2) is 18.5 Å². The van der Waals surface area contributed by atoms with E-state index in [1.807, 2.05) is 0 Å². The molecule has 0 atom stereocenters. The molecule has 1 aromatic rings. The molecule has 110 valence electrons. The molecule has 1 saturated carbocycles. The smallest absolute Gasteiger partial charge is 0.236 e. The van der Waals surface area contributed by atoms with Gasteiger partial charge in [-0.3, -0.25) is 4.79 Å². The maximum atomic E-state index is 14.4. The zero-order valence-corrected chi connectivity index (χ0v) is 11.8. The van der Waals surface area contributed by atoms with Crippen molar-refractivity contribution in [3.63, 3.8) is 0 Å². The van der Waals surface area contributed by atoms with Gasteiger partial charge in [0.05, 0.1) is 23.6 Å². The molecule has 0 aliphatic heterocycles. The van der Waals surface area contributed by atoms with Crippen LogP contribution in [0.25, 0.3) is 0 Å². The van der Waals surface area contributed by atoms with Gasteiger partial charge < -0.3 is 22.1 Å². The zero-order chi connectivity index (χ0) is 14.9. The lowest BCUT2D eigenvalue weighted by Crippen LogP contribution is -2.41. The molecule has 1 aliphatic carbocycles. The predicted octanol–water partition coefficient (Wildman–Crippen LogP) is 1.88. The Hall–Kier alpha value is -1.69. The number of nitrogen functional groups attached to an aromatic ring is 2. The number of primary amides is 1. The van der Waals surface area contributed by atoms with Gasteiger partial charge >= 0.3 is 0 Å². The van der Waals surface area contributed by atoms with E-state index in [2.05, 4.69) is 0 Å². The molecular weight excluding hydrogens is 283 g/mol. The van der Waals surface area contributed by atoms with Gasteiger partial charge in [-0.25, -0.2) is 4.39 Å². The predicted molar refractivity (Wildman–Crippen MR) is 79.0 cm³/mol. The number of amides is 1. The molecule has 1 aliphatic rings. The minimum Gasteiger partial charge on any atom is -0.397 e. The largest absolute Gasteiger partial charge is 0.397 e. The fourth-order valence-electron chi connectivity index (χ4n) is 2.72. The van der Waals surface area contributed by atoms with E-state index >= 15 is 0 Å². The topological polar surface area (TPSA) is 98.4 Å². The van der Waals surface area contributed by atoms with Gasteiger partial charge in [-0.15, -0.1) is 0 Å². The van der Waals surface area contributed by atoms with Gasteiger partial charge in [0.25, 0.3) is 0 Å². The van der Waals surface area contributed by atoms with E-state index in [4.69, 9.17) is 28.8 Å². The summed E-state index contributed by atoms with van der Waals surface area (Å²) in [5, 5.41) is -0.179. The maximum absolute atomic E-state index is 14.4. The number of nitrogens with two attached hydrogens (primary N) is 3. The molecule has 1 amide bonds. The summed E-state index contributed by atoms with van der Waals surface area (Å²) >= 11 is 5.84. The van der Waals surface area contributed by atoms with Crippen LogP contribution in [0, 0.1) is 5.82 Å². The summed E-state index contributed by atoms with van der Waals surface area (Å²) in [7, 11) is 0. The number of halogens is 2. The molecular formula is C13H18ClFN4O. The van der Waals surface area contributed by atoms with Gasteiger partial charge in [0.1, 0.15) is 5.02 Å². The molecule has 6 N–H and O–H groups in total. The summed E-state index contributed by atoms with van der Waals surface area (Å²) in [6.07, 6.45) is 3.80. The summed E-state index contributed by atoms with van der Waals surface area (Å²) in [5.41, 5.74) is 17.1. The lowest BCUT2D eigenvalue weighted by Gasteiger charge is -2.31. The zero-order valence-electron chi connectivity index (χ0n) is 11.0. The fourth-order valence-corrected chi connectivity index (χ4v) is 2.87. The Morgan fingerprint density at radius 3 is 2.50 bits per heavy atom. The van der Waals surface area contributed by atoms with Gasteiger partial charge in [0.2, 0.25) is 5.91 Å². The van der Waals surface area contributed by atoms with Crippen LogP contribution >= 0.6 is 11.6 Å². The van der Waals surface area contributed by atoms with Gasteiger partial charge in [-0.2, -0.15) is 0 Å². The first-order valence-electron chi connectivity index (χ1n) is 6.49. The molecule has 0 heterocycles. The second kappa shape index (κ2) is 5.75. The number of hydrogen-bond acceptors (Lipinski definition) is 4. The Balaban J connectivity index is 2.47. The van der Waals surface area contributed by atoms with Crippen molar-refractivity contribution in [1.29, 1.82) is 0 Å². The Morgan fingerprint density at radius 1 is 1.35 bits per heavy atom. The molecule has 0 saturated heterocycles. The van der Waals surface area contributed by atoms with E-state index in [0.717, 1.165) is 25.7 Å². The van der Waals surface area contributed by atoms with E-state index in [0.29, 0.717) is 0 Å². The van der Waals surface area contributed by atoms with Crippen molar-refractivity contribution in [3.05, 3.63) is 16.9 Å². The van der Waals surface area contributed by atoms with Crippen molar-refractivity contribution in [1.82, 2.24) is 0 Å². The van der Waals surface area contributed by atoms with Crippen molar-refractivity contribution in [2.75, 3.05) is 22.9 Å². The van der Waals surface area contributed by atoms with Crippen LogP contribution in [0.2, 0.25) is 5.02 Å². The molecule has 5 nitrogen and oxygen atoms in total. The van der Waals surface area contributed by atoms with Crippen LogP contribution in [0.3, 0.4) is 0 Å². The fraction of sp³-hybridized carbons (Fsp3) is 0.462. The average molecular weight is 301 g/mol. The second-order valence-corrected chi connectivity index (χ2v) is 5.44. The van der Waals surface area contributed by atoms with Crippen LogP contribution < -0.4 is 22.1 Å². The van der Waals surface area contributed by atoms with Gasteiger partial charge in [-0.1, -0.05) is 24.4 Å². The van der Waals surface area contributed by atoms with Crippen molar-refractivity contribution in [2.24, 2.45) is 5.73 Å². The van der Waals surface area contributed by atoms with Crippen molar-refractivity contribution < 1.29 is 9.18 Å². The summed E-state index contributed by atoms with van der Waals surface area (Å²) in [4.78, 5) is 12.9. The van der Waals surface area contributed by atoms with E-state index < -0.39 is 11.7 Å². The van der Waals surface area contributed by atoms with Crippen LogP contribution in [-0.2, 0) is 4.79 Å². The summed E-state index contributed by atoms with van der Waals surface area (Å²) < 4.78 is 14.4. The molecule has 1 aromatic carbocycles. The highest BCUT2D eigenvalue weighted by atomic mass is 35.5. The van der Waals surface area contributed by atoms with E-state index in [1.165, 1.54) is 6.07 Å². The molecule has 7 heteroatoms. The lowest BCUT2D eigenvalue weighted by atomic mass is 10.1. The summed E-state index contributed by atoms with van der Waals surface area (Å²) in [5.74, 6) is -1.24. The van der Waals surface area contributed by atoms with Gasteiger partial charge in [0.15, 0.2) is 5.82 Å². The minimum atomic E-state index is -0.697. The third-order valence-corrected chi connectivity index (χ3v) is 4.00. The van der Waals surface area contributed by atoms with Gasteiger partial charge in [-0.05, 0) is 18.9 Å². The molecule has 20 heavy (non-hydrogen) atoms. The highest BCUT2D eigenvalue weighted by Crippen LogP contribution is 2.39. The molecule has 0 spiro atoms. The molecule has 0 unspecified atom stereocenters. The Bertz CT molecular complexity index is 532. The third kappa shape index (κ3) is 2.75. The Morgan fingerprint density at radius 2 is 1.95 bits per heavy atom. The molecule has 2 rings (SSSR count). The normalized spacial score (nSPS) is 15.5. The lowest BCUT2D eigenvalue weighted by molar-refractivity contribution is -0.116. The number of benzene rings is 1. The highest BCUT2D eigenvalue weighted by molar-refractivity contribution is 6.33. The Kier molecular flexibility index (Phi) is 4.23. The number of hydrogen-bond donors (Lipinski definition) is 3. The number of rotatable bonds is 4. The van der Waals surface area contributed by atoms with E-state index in [1.54, 1.807) is 4.90 Å². The average Bonchev–Trinajstić information content (AvgIpc) is 2.88. The maximum Gasteiger partial charge on any atom is 0.236 e. The second-order valence-electron chi connectivity index (χ2n) is 5.06. The van der Waals surface area contributed by atoms with Crippen LogP contribution in [0.15, 0.2) is 6.07 Å². The summed E-state index contributed by atoms with van der Waals surface area (Å²) in [6, 6.07) is 1.45. The monoisotopic (exact) mass is 300 g/mol.